The molecule has 0 aliphatic rings. The molecule has 0 saturated heterocycles. The Hall–Kier alpha value is -2.61. The fourth-order valence-electron chi connectivity index (χ4n) is 2.53. The molecule has 0 saturated carbocycles. The van der Waals surface area contributed by atoms with Crippen molar-refractivity contribution in [2.75, 3.05) is 7.05 Å². The summed E-state index contributed by atoms with van der Waals surface area (Å²) in [4.78, 5) is 19.2. The van der Waals surface area contributed by atoms with Crippen LogP contribution in [0.4, 0.5) is 4.79 Å². The third-order valence-corrected chi connectivity index (χ3v) is 4.86. The van der Waals surface area contributed by atoms with Crippen LogP contribution >= 0.6 is 11.3 Å². The number of rotatable bonds is 7. The maximum absolute atomic E-state index is 12.4. The molecule has 0 aliphatic heterocycles. The van der Waals surface area contributed by atoms with Gasteiger partial charge >= 0.3 is 6.03 Å². The van der Waals surface area contributed by atoms with E-state index in [2.05, 4.69) is 27.4 Å². The number of nitrogens with one attached hydrogen (secondary N) is 2. The van der Waals surface area contributed by atoms with E-state index in [1.165, 1.54) is 0 Å². The molecule has 0 aromatic carbocycles. The largest absolute Gasteiger partial charge is 0.335 e. The van der Waals surface area contributed by atoms with Gasteiger partial charge < -0.3 is 14.8 Å². The molecule has 3 rings (SSSR count). The van der Waals surface area contributed by atoms with E-state index >= 15 is 0 Å². The highest BCUT2D eigenvalue weighted by molar-refractivity contribution is 7.13. The standard InChI is InChI=1S/C17H22N6OS/c1-3-13(11-23-7-6-18-12-23)19-17(24)22(2)10-14-9-15(21-20-14)16-5-4-8-25-16/h4-9,12-13H,3,10-11H2,1-2H3,(H,19,24)(H,20,21)/t13-/m1/s1. The van der Waals surface area contributed by atoms with Crippen molar-refractivity contribution in [3.8, 4) is 10.6 Å². The highest BCUT2D eigenvalue weighted by atomic mass is 32.1. The fourth-order valence-corrected chi connectivity index (χ4v) is 3.22. The van der Waals surface area contributed by atoms with Crippen molar-refractivity contribution in [3.05, 3.63) is 48.0 Å². The number of hydrogen-bond donors (Lipinski definition) is 2. The van der Waals surface area contributed by atoms with E-state index in [4.69, 9.17) is 0 Å². The third kappa shape index (κ3) is 4.48. The van der Waals surface area contributed by atoms with E-state index in [0.29, 0.717) is 13.1 Å². The summed E-state index contributed by atoms with van der Waals surface area (Å²) >= 11 is 1.64. The summed E-state index contributed by atoms with van der Waals surface area (Å²) in [6.07, 6.45) is 6.25. The molecule has 1 atom stereocenters. The van der Waals surface area contributed by atoms with Crippen LogP contribution in [0.2, 0.25) is 0 Å². The quantitative estimate of drug-likeness (QED) is 0.681. The van der Waals surface area contributed by atoms with Crippen LogP contribution in [0.25, 0.3) is 10.6 Å². The number of hydrogen-bond acceptors (Lipinski definition) is 4. The molecule has 3 aromatic heterocycles. The van der Waals surface area contributed by atoms with Crippen LogP contribution in [0.3, 0.4) is 0 Å². The van der Waals surface area contributed by atoms with Gasteiger partial charge in [-0.3, -0.25) is 5.10 Å². The SMILES string of the molecule is CC[C@H](Cn1ccnc1)NC(=O)N(C)Cc1cc(-c2cccs2)n[nH]1. The van der Waals surface area contributed by atoms with Gasteiger partial charge in [0.1, 0.15) is 5.69 Å². The summed E-state index contributed by atoms with van der Waals surface area (Å²) in [5.41, 5.74) is 1.81. The fraction of sp³-hybridized carbons (Fsp3) is 0.353. The van der Waals surface area contributed by atoms with Crippen molar-refractivity contribution in [2.24, 2.45) is 0 Å². The van der Waals surface area contributed by atoms with Crippen molar-refractivity contribution < 1.29 is 4.79 Å². The first-order chi connectivity index (χ1) is 12.2. The van der Waals surface area contributed by atoms with Crippen LogP contribution < -0.4 is 5.32 Å². The number of carbonyl (C=O) groups excluding carboxylic acids is 1. The third-order valence-electron chi connectivity index (χ3n) is 3.97. The summed E-state index contributed by atoms with van der Waals surface area (Å²) in [6, 6.07) is 5.98. The van der Waals surface area contributed by atoms with Gasteiger partial charge in [0.05, 0.1) is 23.4 Å². The minimum absolute atomic E-state index is 0.0626. The van der Waals surface area contributed by atoms with E-state index in [1.54, 1.807) is 35.8 Å². The van der Waals surface area contributed by atoms with Crippen LogP contribution in [0.1, 0.15) is 19.0 Å². The van der Waals surface area contributed by atoms with Gasteiger partial charge in [0, 0.05) is 32.0 Å². The van der Waals surface area contributed by atoms with Crippen LogP contribution in [-0.4, -0.2) is 43.8 Å². The smallest absolute Gasteiger partial charge is 0.317 e. The van der Waals surface area contributed by atoms with Gasteiger partial charge in [0.25, 0.3) is 0 Å². The monoisotopic (exact) mass is 358 g/mol. The normalized spacial score (nSPS) is 12.1. The minimum Gasteiger partial charge on any atom is -0.335 e. The molecular weight excluding hydrogens is 336 g/mol. The molecule has 0 bridgehead atoms. The van der Waals surface area contributed by atoms with Crippen molar-refractivity contribution >= 4 is 17.4 Å². The lowest BCUT2D eigenvalue weighted by atomic mass is 10.2. The van der Waals surface area contributed by atoms with E-state index in [0.717, 1.165) is 22.7 Å². The summed E-state index contributed by atoms with van der Waals surface area (Å²) < 4.78 is 1.97. The van der Waals surface area contributed by atoms with Crippen molar-refractivity contribution in [3.63, 3.8) is 0 Å². The summed E-state index contributed by atoms with van der Waals surface area (Å²) in [5.74, 6) is 0. The molecule has 0 aliphatic carbocycles. The zero-order valence-corrected chi connectivity index (χ0v) is 15.2. The maximum atomic E-state index is 12.4. The zero-order chi connectivity index (χ0) is 17.6. The molecule has 0 spiro atoms. The number of amides is 2. The highest BCUT2D eigenvalue weighted by Gasteiger charge is 2.16. The molecule has 8 heteroatoms. The molecule has 132 valence electrons. The van der Waals surface area contributed by atoms with Crippen LogP contribution in [0.15, 0.2) is 42.3 Å². The van der Waals surface area contributed by atoms with Crippen molar-refractivity contribution in [2.45, 2.75) is 32.5 Å². The first-order valence-corrected chi connectivity index (χ1v) is 9.09. The first kappa shape index (κ1) is 17.2. The van der Waals surface area contributed by atoms with E-state index in [9.17, 15) is 4.79 Å². The number of nitrogens with zero attached hydrogens (tertiary/aromatic N) is 4. The van der Waals surface area contributed by atoms with Gasteiger partial charge in [-0.1, -0.05) is 13.0 Å². The molecule has 3 aromatic rings. The number of aromatic nitrogens is 4. The van der Waals surface area contributed by atoms with Crippen molar-refractivity contribution in [1.82, 2.24) is 30.0 Å². The van der Waals surface area contributed by atoms with E-state index in [1.807, 2.05) is 34.3 Å². The molecular formula is C17H22N6OS. The predicted octanol–water partition coefficient (Wildman–Crippen LogP) is 2.95. The van der Waals surface area contributed by atoms with Gasteiger partial charge in [0.15, 0.2) is 0 Å². The Balaban J connectivity index is 1.55. The highest BCUT2D eigenvalue weighted by Crippen LogP contribution is 2.23. The molecule has 3 heterocycles. The Bertz CT molecular complexity index is 780. The average Bonchev–Trinajstić information content (AvgIpc) is 3.35. The topological polar surface area (TPSA) is 78.8 Å². The molecule has 0 fully saturated rings. The number of thiophene rings is 1. The number of urea groups is 1. The molecule has 2 amide bonds. The molecule has 0 unspecified atom stereocenters. The Morgan fingerprint density at radius 1 is 1.52 bits per heavy atom. The number of imidazole rings is 1. The Kier molecular flexibility index (Phi) is 5.49. The van der Waals surface area contributed by atoms with E-state index in [-0.39, 0.29) is 12.1 Å². The predicted molar refractivity (Wildman–Crippen MR) is 98.2 cm³/mol. The lowest BCUT2D eigenvalue weighted by Gasteiger charge is -2.22. The lowest BCUT2D eigenvalue weighted by molar-refractivity contribution is 0.200. The maximum Gasteiger partial charge on any atom is 0.317 e. The summed E-state index contributed by atoms with van der Waals surface area (Å²) in [7, 11) is 1.78. The van der Waals surface area contributed by atoms with Crippen LogP contribution in [0.5, 0.6) is 0 Å². The van der Waals surface area contributed by atoms with Crippen LogP contribution in [-0.2, 0) is 13.1 Å². The molecule has 0 radical (unpaired) electrons. The lowest BCUT2D eigenvalue weighted by Crippen LogP contribution is -2.44. The first-order valence-electron chi connectivity index (χ1n) is 8.21. The Morgan fingerprint density at radius 3 is 3.08 bits per heavy atom. The summed E-state index contributed by atoms with van der Waals surface area (Å²) in [5, 5.41) is 12.4. The van der Waals surface area contributed by atoms with Gasteiger partial charge in [-0.15, -0.1) is 11.3 Å². The second kappa shape index (κ2) is 7.98. The molecule has 2 N–H and O–H groups in total. The van der Waals surface area contributed by atoms with Gasteiger partial charge in [-0.05, 0) is 23.9 Å². The Morgan fingerprint density at radius 2 is 2.40 bits per heavy atom. The Labute approximate surface area is 150 Å². The average molecular weight is 358 g/mol. The van der Waals surface area contributed by atoms with Crippen molar-refractivity contribution in [1.29, 1.82) is 0 Å². The second-order valence-corrected chi connectivity index (χ2v) is 6.87. The number of aromatic amines is 1. The zero-order valence-electron chi connectivity index (χ0n) is 14.3. The summed E-state index contributed by atoms with van der Waals surface area (Å²) in [6.45, 7) is 3.25. The van der Waals surface area contributed by atoms with E-state index < -0.39 is 0 Å². The van der Waals surface area contributed by atoms with Gasteiger partial charge in [-0.2, -0.15) is 5.10 Å². The minimum atomic E-state index is -0.0979. The number of carbonyl (C=O) groups is 1. The van der Waals surface area contributed by atoms with Crippen LogP contribution in [0, 0.1) is 0 Å². The molecule has 25 heavy (non-hydrogen) atoms. The van der Waals surface area contributed by atoms with Gasteiger partial charge in [-0.25, -0.2) is 9.78 Å². The second-order valence-electron chi connectivity index (χ2n) is 5.93. The van der Waals surface area contributed by atoms with Gasteiger partial charge in [0.2, 0.25) is 0 Å². The number of H-pyrrole nitrogens is 1. The molecule has 7 nitrogen and oxygen atoms in total.